The first-order valence-corrected chi connectivity index (χ1v) is 5.12. The second kappa shape index (κ2) is 4.23. The van der Waals surface area contributed by atoms with E-state index in [2.05, 4.69) is 0 Å². The van der Waals surface area contributed by atoms with Crippen LogP contribution in [0.4, 0.5) is 0 Å². The van der Waals surface area contributed by atoms with Gasteiger partial charge in [-0.2, -0.15) is 0 Å². The van der Waals surface area contributed by atoms with Crippen LogP contribution in [0.1, 0.15) is 5.69 Å². The van der Waals surface area contributed by atoms with E-state index in [1.807, 2.05) is 49.4 Å². The van der Waals surface area contributed by atoms with E-state index in [0.717, 1.165) is 17.0 Å². The van der Waals surface area contributed by atoms with Crippen LogP contribution >= 0.6 is 0 Å². The molecule has 1 aromatic heterocycles. The molecular formula is C13H13NO2. The van der Waals surface area contributed by atoms with Crippen molar-refractivity contribution < 1.29 is 9.90 Å². The monoisotopic (exact) mass is 215 g/mol. The Morgan fingerprint density at radius 3 is 2.50 bits per heavy atom. The zero-order valence-corrected chi connectivity index (χ0v) is 9.05. The Hall–Kier alpha value is -2.03. The smallest absolute Gasteiger partial charge is 0.323 e. The highest BCUT2D eigenvalue weighted by Gasteiger charge is 2.09. The highest BCUT2D eigenvalue weighted by molar-refractivity contribution is 5.69. The summed E-state index contributed by atoms with van der Waals surface area (Å²) in [5.74, 6) is -0.823. The Morgan fingerprint density at radius 2 is 1.88 bits per heavy atom. The number of carbonyl (C=O) groups is 1. The number of aromatic nitrogens is 1. The van der Waals surface area contributed by atoms with Gasteiger partial charge in [0.15, 0.2) is 0 Å². The van der Waals surface area contributed by atoms with Gasteiger partial charge in [0, 0.05) is 11.4 Å². The van der Waals surface area contributed by atoms with E-state index in [0.29, 0.717) is 0 Å². The lowest BCUT2D eigenvalue weighted by molar-refractivity contribution is -0.137. The summed E-state index contributed by atoms with van der Waals surface area (Å²) in [5.41, 5.74) is 2.94. The molecule has 3 heteroatoms. The standard InChI is InChI=1S/C13H13NO2/c1-10-7-8-12(14(10)9-13(15)16)11-5-3-2-4-6-11/h2-8H,9H2,1H3,(H,15,16). The second-order valence-corrected chi connectivity index (χ2v) is 3.71. The van der Waals surface area contributed by atoms with Gasteiger partial charge in [-0.1, -0.05) is 30.3 Å². The Morgan fingerprint density at radius 1 is 1.19 bits per heavy atom. The van der Waals surface area contributed by atoms with Crippen molar-refractivity contribution in [3.8, 4) is 11.3 Å². The topological polar surface area (TPSA) is 42.2 Å². The predicted octanol–water partition coefficient (Wildman–Crippen LogP) is 2.55. The first-order chi connectivity index (χ1) is 7.68. The van der Waals surface area contributed by atoms with Gasteiger partial charge in [0.2, 0.25) is 0 Å². The van der Waals surface area contributed by atoms with Crippen molar-refractivity contribution in [1.29, 1.82) is 0 Å². The van der Waals surface area contributed by atoms with Crippen molar-refractivity contribution >= 4 is 5.97 Å². The van der Waals surface area contributed by atoms with Crippen LogP contribution in [0, 0.1) is 6.92 Å². The molecule has 0 radical (unpaired) electrons. The molecule has 2 rings (SSSR count). The lowest BCUT2D eigenvalue weighted by atomic mass is 10.1. The molecule has 0 unspecified atom stereocenters. The molecule has 0 atom stereocenters. The van der Waals surface area contributed by atoms with Crippen LogP contribution in [0.2, 0.25) is 0 Å². The summed E-state index contributed by atoms with van der Waals surface area (Å²) in [7, 11) is 0. The largest absolute Gasteiger partial charge is 0.480 e. The van der Waals surface area contributed by atoms with Crippen molar-refractivity contribution in [2.24, 2.45) is 0 Å². The normalized spacial score (nSPS) is 10.3. The van der Waals surface area contributed by atoms with E-state index in [1.165, 1.54) is 0 Å². The fourth-order valence-electron chi connectivity index (χ4n) is 1.78. The molecule has 0 saturated heterocycles. The number of aryl methyl sites for hydroxylation is 1. The number of carboxylic acids is 1. The third-order valence-electron chi connectivity index (χ3n) is 2.56. The Bertz CT molecular complexity index is 500. The van der Waals surface area contributed by atoms with Gasteiger partial charge >= 0.3 is 5.97 Å². The van der Waals surface area contributed by atoms with Crippen molar-refractivity contribution in [1.82, 2.24) is 4.57 Å². The maximum absolute atomic E-state index is 10.8. The molecule has 0 aliphatic rings. The first-order valence-electron chi connectivity index (χ1n) is 5.12. The average Bonchev–Trinajstić information content (AvgIpc) is 2.61. The van der Waals surface area contributed by atoms with Crippen LogP contribution in [0.25, 0.3) is 11.3 Å². The first kappa shape index (κ1) is 10.5. The molecule has 0 amide bonds. The van der Waals surface area contributed by atoms with E-state index in [4.69, 9.17) is 5.11 Å². The number of aliphatic carboxylic acids is 1. The molecule has 1 N–H and O–H groups in total. The Kier molecular flexibility index (Phi) is 2.77. The molecule has 0 aliphatic carbocycles. The quantitative estimate of drug-likeness (QED) is 0.854. The van der Waals surface area contributed by atoms with Crippen LogP contribution in [-0.2, 0) is 11.3 Å². The van der Waals surface area contributed by atoms with Crippen LogP contribution in [0.5, 0.6) is 0 Å². The molecule has 0 aliphatic heterocycles. The van der Waals surface area contributed by atoms with Gasteiger partial charge in [-0.25, -0.2) is 0 Å². The fraction of sp³-hybridized carbons (Fsp3) is 0.154. The van der Waals surface area contributed by atoms with Crippen molar-refractivity contribution in [2.75, 3.05) is 0 Å². The van der Waals surface area contributed by atoms with Crippen LogP contribution < -0.4 is 0 Å². The highest BCUT2D eigenvalue weighted by atomic mass is 16.4. The Balaban J connectivity index is 2.46. The van der Waals surface area contributed by atoms with Crippen molar-refractivity contribution in [3.05, 3.63) is 48.2 Å². The maximum atomic E-state index is 10.8. The van der Waals surface area contributed by atoms with Crippen molar-refractivity contribution in [2.45, 2.75) is 13.5 Å². The summed E-state index contributed by atoms with van der Waals surface area (Å²) < 4.78 is 1.80. The summed E-state index contributed by atoms with van der Waals surface area (Å²) >= 11 is 0. The van der Waals surface area contributed by atoms with Crippen molar-refractivity contribution in [3.63, 3.8) is 0 Å². The predicted molar refractivity (Wildman–Crippen MR) is 62.2 cm³/mol. The fourth-order valence-corrected chi connectivity index (χ4v) is 1.78. The van der Waals surface area contributed by atoms with Gasteiger partial charge in [0.25, 0.3) is 0 Å². The minimum atomic E-state index is -0.823. The van der Waals surface area contributed by atoms with Crippen LogP contribution in [-0.4, -0.2) is 15.6 Å². The highest BCUT2D eigenvalue weighted by Crippen LogP contribution is 2.21. The Labute approximate surface area is 94.0 Å². The van der Waals surface area contributed by atoms with E-state index >= 15 is 0 Å². The molecule has 82 valence electrons. The van der Waals surface area contributed by atoms with E-state index in [1.54, 1.807) is 4.57 Å². The average molecular weight is 215 g/mol. The van der Waals surface area contributed by atoms with E-state index < -0.39 is 5.97 Å². The van der Waals surface area contributed by atoms with Gasteiger partial charge in [-0.3, -0.25) is 4.79 Å². The summed E-state index contributed by atoms with van der Waals surface area (Å²) in [6.07, 6.45) is 0. The van der Waals surface area contributed by atoms with Gasteiger partial charge in [0.05, 0.1) is 0 Å². The zero-order chi connectivity index (χ0) is 11.5. The third kappa shape index (κ3) is 1.98. The molecule has 3 nitrogen and oxygen atoms in total. The van der Waals surface area contributed by atoms with E-state index in [9.17, 15) is 4.79 Å². The molecule has 0 fully saturated rings. The maximum Gasteiger partial charge on any atom is 0.323 e. The molecule has 2 aromatic rings. The molecule has 1 heterocycles. The number of rotatable bonds is 3. The number of hydrogen-bond acceptors (Lipinski definition) is 1. The summed E-state index contributed by atoms with van der Waals surface area (Å²) in [4.78, 5) is 10.8. The molecule has 0 saturated carbocycles. The van der Waals surface area contributed by atoms with Gasteiger partial charge in [-0.15, -0.1) is 0 Å². The second-order valence-electron chi connectivity index (χ2n) is 3.71. The molecule has 16 heavy (non-hydrogen) atoms. The van der Waals surface area contributed by atoms with Crippen LogP contribution in [0.3, 0.4) is 0 Å². The zero-order valence-electron chi connectivity index (χ0n) is 9.05. The van der Waals surface area contributed by atoms with Gasteiger partial charge < -0.3 is 9.67 Å². The van der Waals surface area contributed by atoms with Gasteiger partial charge in [0.1, 0.15) is 6.54 Å². The number of carboxylic acid groups (broad SMARTS) is 1. The van der Waals surface area contributed by atoms with E-state index in [-0.39, 0.29) is 6.54 Å². The molecular weight excluding hydrogens is 202 g/mol. The minimum Gasteiger partial charge on any atom is -0.480 e. The molecule has 1 aromatic carbocycles. The summed E-state index contributed by atoms with van der Waals surface area (Å²) in [6, 6.07) is 13.7. The minimum absolute atomic E-state index is 0.00304. The third-order valence-corrected chi connectivity index (χ3v) is 2.56. The van der Waals surface area contributed by atoms with Gasteiger partial charge in [-0.05, 0) is 24.6 Å². The SMILES string of the molecule is Cc1ccc(-c2ccccc2)n1CC(=O)O. The number of nitrogens with zero attached hydrogens (tertiary/aromatic N) is 1. The summed E-state index contributed by atoms with van der Waals surface area (Å²) in [5, 5.41) is 8.86. The van der Waals surface area contributed by atoms with Crippen LogP contribution in [0.15, 0.2) is 42.5 Å². The lowest BCUT2D eigenvalue weighted by Crippen LogP contribution is -2.10. The number of hydrogen-bond donors (Lipinski definition) is 1. The molecule has 0 spiro atoms. The number of benzene rings is 1. The summed E-state index contributed by atoms with van der Waals surface area (Å²) in [6.45, 7) is 1.92. The lowest BCUT2D eigenvalue weighted by Gasteiger charge is -2.08. The molecule has 0 bridgehead atoms.